The van der Waals surface area contributed by atoms with Crippen LogP contribution in [0.25, 0.3) is 11.0 Å². The number of hydrogen-bond donors (Lipinski definition) is 1. The van der Waals surface area contributed by atoms with Gasteiger partial charge in [0.25, 0.3) is 5.91 Å². The molecule has 0 aliphatic rings. The Kier molecular flexibility index (Phi) is 6.05. The maximum atomic E-state index is 12.8. The highest BCUT2D eigenvalue weighted by Gasteiger charge is 2.21. The van der Waals surface area contributed by atoms with Gasteiger partial charge in [0.2, 0.25) is 6.29 Å². The monoisotopic (exact) mass is 370 g/mol. The van der Waals surface area contributed by atoms with Crippen LogP contribution in [-0.2, 0) is 9.47 Å². The van der Waals surface area contributed by atoms with E-state index in [0.29, 0.717) is 46.9 Å². The van der Waals surface area contributed by atoms with E-state index in [1.165, 1.54) is 6.20 Å². The SMILES string of the molecule is CCOC(OCC)c1cc2cncc(C(=O)Nc3ccccc3OC)c2o1. The summed E-state index contributed by atoms with van der Waals surface area (Å²) in [4.78, 5) is 16.9. The zero-order chi connectivity index (χ0) is 19.2. The Morgan fingerprint density at radius 1 is 1.19 bits per heavy atom. The largest absolute Gasteiger partial charge is 0.495 e. The van der Waals surface area contributed by atoms with Gasteiger partial charge in [-0.2, -0.15) is 0 Å². The zero-order valence-corrected chi connectivity index (χ0v) is 15.5. The van der Waals surface area contributed by atoms with Gasteiger partial charge in [0.05, 0.1) is 12.8 Å². The molecule has 0 fully saturated rings. The minimum atomic E-state index is -0.627. The molecule has 0 aliphatic heterocycles. The van der Waals surface area contributed by atoms with E-state index in [4.69, 9.17) is 18.6 Å². The molecule has 0 aliphatic carbocycles. The number of anilines is 1. The molecule has 2 aromatic heterocycles. The Morgan fingerprint density at radius 3 is 2.63 bits per heavy atom. The van der Waals surface area contributed by atoms with Crippen molar-refractivity contribution in [3.63, 3.8) is 0 Å². The van der Waals surface area contributed by atoms with Gasteiger partial charge < -0.3 is 23.9 Å². The third-order valence-corrected chi connectivity index (χ3v) is 3.91. The van der Waals surface area contributed by atoms with Gasteiger partial charge >= 0.3 is 0 Å². The number of amides is 1. The number of fused-ring (bicyclic) bond motifs is 1. The lowest BCUT2D eigenvalue weighted by atomic mass is 10.2. The minimum Gasteiger partial charge on any atom is -0.495 e. The fourth-order valence-corrected chi connectivity index (χ4v) is 2.71. The van der Waals surface area contributed by atoms with E-state index in [1.807, 2.05) is 26.0 Å². The molecule has 0 saturated heterocycles. The molecule has 0 saturated carbocycles. The van der Waals surface area contributed by atoms with Gasteiger partial charge in [-0.25, -0.2) is 0 Å². The summed E-state index contributed by atoms with van der Waals surface area (Å²) in [6, 6.07) is 8.96. The fraction of sp³-hybridized carbons (Fsp3) is 0.300. The first-order chi connectivity index (χ1) is 13.2. The van der Waals surface area contributed by atoms with Crippen LogP contribution in [-0.4, -0.2) is 31.2 Å². The van der Waals surface area contributed by atoms with Crippen molar-refractivity contribution in [2.45, 2.75) is 20.1 Å². The molecule has 142 valence electrons. The van der Waals surface area contributed by atoms with Gasteiger partial charge in [-0.15, -0.1) is 0 Å². The lowest BCUT2D eigenvalue weighted by molar-refractivity contribution is -0.150. The highest BCUT2D eigenvalue weighted by atomic mass is 16.7. The molecule has 0 atom stereocenters. The fourth-order valence-electron chi connectivity index (χ4n) is 2.71. The van der Waals surface area contributed by atoms with E-state index in [0.717, 1.165) is 0 Å². The van der Waals surface area contributed by atoms with Crippen molar-refractivity contribution in [3.8, 4) is 5.75 Å². The molecule has 1 amide bonds. The lowest BCUT2D eigenvalue weighted by Gasteiger charge is -2.13. The number of aromatic nitrogens is 1. The number of nitrogens with one attached hydrogen (secondary N) is 1. The molecular weight excluding hydrogens is 348 g/mol. The second-order valence-electron chi connectivity index (χ2n) is 5.65. The average Bonchev–Trinajstić information content (AvgIpc) is 3.12. The summed E-state index contributed by atoms with van der Waals surface area (Å²) in [6.45, 7) is 4.70. The Labute approximate surface area is 157 Å². The van der Waals surface area contributed by atoms with Crippen LogP contribution in [0.2, 0.25) is 0 Å². The van der Waals surface area contributed by atoms with E-state index in [2.05, 4.69) is 10.3 Å². The Bertz CT molecular complexity index is 916. The first kappa shape index (κ1) is 18.9. The van der Waals surface area contributed by atoms with Crippen molar-refractivity contribution < 1.29 is 23.4 Å². The number of carbonyl (C=O) groups excluding carboxylic acids is 1. The smallest absolute Gasteiger partial charge is 0.261 e. The molecule has 1 N–H and O–H groups in total. The summed E-state index contributed by atoms with van der Waals surface area (Å²) < 4.78 is 22.3. The number of para-hydroxylation sites is 2. The molecule has 3 rings (SSSR count). The molecule has 2 heterocycles. The summed E-state index contributed by atoms with van der Waals surface area (Å²) in [5, 5.41) is 3.53. The Hall–Kier alpha value is -2.90. The number of ether oxygens (including phenoxy) is 3. The number of pyridine rings is 1. The highest BCUT2D eigenvalue weighted by molar-refractivity contribution is 6.11. The van der Waals surface area contributed by atoms with Gasteiger partial charge in [0.15, 0.2) is 5.76 Å². The topological polar surface area (TPSA) is 82.8 Å². The third kappa shape index (κ3) is 4.10. The van der Waals surface area contributed by atoms with Crippen LogP contribution >= 0.6 is 0 Å². The predicted molar refractivity (Wildman–Crippen MR) is 101 cm³/mol. The van der Waals surface area contributed by atoms with Crippen LogP contribution in [0.1, 0.15) is 36.3 Å². The summed E-state index contributed by atoms with van der Waals surface area (Å²) in [5.41, 5.74) is 1.31. The Balaban J connectivity index is 1.93. The second kappa shape index (κ2) is 8.66. The molecule has 7 nitrogen and oxygen atoms in total. The number of furan rings is 1. The number of carbonyl (C=O) groups is 1. The van der Waals surface area contributed by atoms with Crippen LogP contribution in [0.5, 0.6) is 5.75 Å². The number of nitrogens with zero attached hydrogens (tertiary/aromatic N) is 1. The standard InChI is InChI=1S/C20H22N2O5/c1-4-25-20(26-5-2)17-10-13-11-21-12-14(18(13)27-17)19(23)22-15-8-6-7-9-16(15)24-3/h6-12,20H,4-5H2,1-3H3,(H,22,23). The lowest BCUT2D eigenvalue weighted by Crippen LogP contribution is -2.13. The first-order valence-electron chi connectivity index (χ1n) is 8.72. The van der Waals surface area contributed by atoms with Crippen molar-refractivity contribution in [2.24, 2.45) is 0 Å². The minimum absolute atomic E-state index is 0.316. The Morgan fingerprint density at radius 2 is 1.93 bits per heavy atom. The van der Waals surface area contributed by atoms with Crippen LogP contribution in [0, 0.1) is 0 Å². The summed E-state index contributed by atoms with van der Waals surface area (Å²) >= 11 is 0. The maximum Gasteiger partial charge on any atom is 0.261 e. The molecule has 1 aromatic carbocycles. The van der Waals surface area contributed by atoms with Crippen LogP contribution < -0.4 is 10.1 Å². The first-order valence-corrected chi connectivity index (χ1v) is 8.72. The molecule has 0 bridgehead atoms. The van der Waals surface area contributed by atoms with Crippen molar-refractivity contribution in [1.82, 2.24) is 4.98 Å². The number of hydrogen-bond acceptors (Lipinski definition) is 6. The van der Waals surface area contributed by atoms with Crippen LogP contribution in [0.3, 0.4) is 0 Å². The summed E-state index contributed by atoms with van der Waals surface area (Å²) in [6.07, 6.45) is 2.48. The van der Waals surface area contributed by atoms with E-state index in [9.17, 15) is 4.79 Å². The van der Waals surface area contributed by atoms with E-state index in [-0.39, 0.29) is 5.91 Å². The normalized spacial score (nSPS) is 11.1. The molecule has 0 unspecified atom stereocenters. The second-order valence-corrected chi connectivity index (χ2v) is 5.65. The van der Waals surface area contributed by atoms with Crippen molar-refractivity contribution in [3.05, 3.63) is 54.0 Å². The van der Waals surface area contributed by atoms with Crippen LogP contribution in [0.15, 0.2) is 47.1 Å². The van der Waals surface area contributed by atoms with Crippen molar-refractivity contribution >= 4 is 22.6 Å². The van der Waals surface area contributed by atoms with E-state index >= 15 is 0 Å². The number of rotatable bonds is 8. The molecule has 0 spiro atoms. The molecular formula is C20H22N2O5. The predicted octanol–water partition coefficient (Wildman–Crippen LogP) is 4.16. The van der Waals surface area contributed by atoms with Gasteiger partial charge in [-0.1, -0.05) is 12.1 Å². The van der Waals surface area contributed by atoms with Gasteiger partial charge in [-0.3, -0.25) is 9.78 Å². The van der Waals surface area contributed by atoms with E-state index < -0.39 is 6.29 Å². The average molecular weight is 370 g/mol. The summed E-state index contributed by atoms with van der Waals surface area (Å²) in [5.74, 6) is 0.717. The number of methoxy groups -OCH3 is 1. The van der Waals surface area contributed by atoms with Crippen molar-refractivity contribution in [2.75, 3.05) is 25.6 Å². The van der Waals surface area contributed by atoms with Gasteiger partial charge in [-0.05, 0) is 32.0 Å². The maximum absolute atomic E-state index is 12.8. The number of benzene rings is 1. The van der Waals surface area contributed by atoms with E-state index in [1.54, 1.807) is 31.5 Å². The molecule has 0 radical (unpaired) electrons. The third-order valence-electron chi connectivity index (χ3n) is 3.91. The quantitative estimate of drug-likeness (QED) is 0.600. The van der Waals surface area contributed by atoms with Crippen LogP contribution in [0.4, 0.5) is 5.69 Å². The van der Waals surface area contributed by atoms with Gasteiger partial charge in [0.1, 0.15) is 16.9 Å². The van der Waals surface area contributed by atoms with Gasteiger partial charge in [0, 0.05) is 31.0 Å². The van der Waals surface area contributed by atoms with Crippen molar-refractivity contribution in [1.29, 1.82) is 0 Å². The molecule has 3 aromatic rings. The zero-order valence-electron chi connectivity index (χ0n) is 15.5. The highest BCUT2D eigenvalue weighted by Crippen LogP contribution is 2.30. The summed E-state index contributed by atoms with van der Waals surface area (Å²) in [7, 11) is 1.55. The molecule has 27 heavy (non-hydrogen) atoms. The molecule has 7 heteroatoms.